The highest BCUT2D eigenvalue weighted by molar-refractivity contribution is 6.16. The van der Waals surface area contributed by atoms with Gasteiger partial charge in [0.1, 0.15) is 0 Å². The average molecular weight is 467 g/mol. The molecule has 35 heavy (non-hydrogen) atoms. The summed E-state index contributed by atoms with van der Waals surface area (Å²) in [6.45, 7) is 5.48. The molecule has 2 aromatic carbocycles. The Morgan fingerprint density at radius 2 is 1.97 bits per heavy atom. The van der Waals surface area contributed by atoms with Crippen molar-refractivity contribution in [2.45, 2.75) is 12.8 Å². The number of pyridine rings is 1. The fraction of sp³-hybridized carbons (Fsp3) is 0.310. The van der Waals surface area contributed by atoms with E-state index in [0.29, 0.717) is 6.54 Å². The molecule has 1 saturated heterocycles. The van der Waals surface area contributed by atoms with E-state index in [1.165, 1.54) is 11.1 Å². The monoisotopic (exact) mass is 466 g/mol. The smallest absolute Gasteiger partial charge is 0.253 e. The van der Waals surface area contributed by atoms with Gasteiger partial charge in [-0.05, 0) is 29.7 Å². The van der Waals surface area contributed by atoms with E-state index in [1.807, 2.05) is 6.20 Å². The Labute approximate surface area is 205 Å². The number of morpholine rings is 1. The molecule has 0 saturated carbocycles. The molecule has 0 radical (unpaired) electrons. The lowest BCUT2D eigenvalue weighted by Crippen LogP contribution is -2.37. The number of benzene rings is 2. The van der Waals surface area contributed by atoms with Crippen molar-refractivity contribution in [3.63, 3.8) is 0 Å². The molecule has 6 heteroatoms. The summed E-state index contributed by atoms with van der Waals surface area (Å²) >= 11 is 0. The molecule has 4 heterocycles. The molecule has 0 spiro atoms. The number of ether oxygens (including phenoxy) is 1. The van der Waals surface area contributed by atoms with Crippen LogP contribution in [0.25, 0.3) is 33.8 Å². The van der Waals surface area contributed by atoms with Gasteiger partial charge >= 0.3 is 0 Å². The van der Waals surface area contributed by atoms with Crippen LogP contribution in [0.1, 0.15) is 32.9 Å². The Bertz CT molecular complexity index is 1450. The molecule has 0 bridgehead atoms. The maximum atomic E-state index is 12.6. The van der Waals surface area contributed by atoms with Crippen LogP contribution in [0.15, 0.2) is 48.7 Å². The van der Waals surface area contributed by atoms with E-state index < -0.39 is 0 Å². The van der Waals surface area contributed by atoms with Gasteiger partial charge in [-0.15, -0.1) is 0 Å². The van der Waals surface area contributed by atoms with E-state index in [0.717, 1.165) is 84.3 Å². The second kappa shape index (κ2) is 9.29. The molecule has 0 atom stereocenters. The summed E-state index contributed by atoms with van der Waals surface area (Å²) in [5.41, 5.74) is 6.46. The summed E-state index contributed by atoms with van der Waals surface area (Å²) in [5, 5.41) is 6.21. The Balaban J connectivity index is 1.28. The van der Waals surface area contributed by atoms with Crippen molar-refractivity contribution >= 4 is 39.7 Å². The van der Waals surface area contributed by atoms with E-state index in [-0.39, 0.29) is 5.91 Å². The number of amides is 1. The van der Waals surface area contributed by atoms with Gasteiger partial charge < -0.3 is 14.6 Å². The molecular weight excluding hydrogens is 436 g/mol. The van der Waals surface area contributed by atoms with Crippen LogP contribution in [0, 0.1) is 0 Å². The molecule has 2 aliphatic rings. The Hall–Kier alpha value is -3.48. The van der Waals surface area contributed by atoms with Gasteiger partial charge in [-0.3, -0.25) is 14.7 Å². The highest BCUT2D eigenvalue weighted by atomic mass is 16.5. The van der Waals surface area contributed by atoms with Crippen LogP contribution in [0.5, 0.6) is 0 Å². The maximum absolute atomic E-state index is 12.6. The van der Waals surface area contributed by atoms with Crippen LogP contribution in [-0.4, -0.2) is 59.8 Å². The van der Waals surface area contributed by atoms with Crippen molar-refractivity contribution in [3.05, 3.63) is 76.7 Å². The lowest BCUT2D eigenvalue weighted by molar-refractivity contribution is 0.0384. The van der Waals surface area contributed by atoms with Crippen molar-refractivity contribution < 1.29 is 9.53 Å². The number of nitrogens with zero attached hydrogens (tertiary/aromatic N) is 3. The molecule has 6 rings (SSSR count). The van der Waals surface area contributed by atoms with Crippen molar-refractivity contribution in [3.8, 4) is 0 Å². The quantitative estimate of drug-likeness (QED) is 0.482. The van der Waals surface area contributed by atoms with Crippen molar-refractivity contribution in [2.24, 2.45) is 7.05 Å². The van der Waals surface area contributed by atoms with E-state index >= 15 is 0 Å². The highest BCUT2D eigenvalue weighted by Crippen LogP contribution is 2.33. The standard InChI is InChI=1S/C29H30N4O2/c1-32-26-9-11-30-29(34)27(26)24-8-6-22-19-31-23(18-25(22)28(24)32)7-5-20-3-2-4-21(17-20)10-12-33-13-15-35-16-14-33/h2-8,17-19H,9-16H2,1H3,(H,30,34)/b7-5+. The van der Waals surface area contributed by atoms with Crippen molar-refractivity contribution in [1.82, 2.24) is 19.8 Å². The summed E-state index contributed by atoms with van der Waals surface area (Å²) < 4.78 is 7.64. The number of carbonyl (C=O) groups excluding carboxylic acids is 1. The first-order chi connectivity index (χ1) is 17.2. The number of aryl methyl sites for hydroxylation is 1. The zero-order valence-electron chi connectivity index (χ0n) is 20.1. The highest BCUT2D eigenvalue weighted by Gasteiger charge is 2.25. The van der Waals surface area contributed by atoms with Crippen molar-refractivity contribution in [1.29, 1.82) is 0 Å². The van der Waals surface area contributed by atoms with Crippen LogP contribution in [0.2, 0.25) is 0 Å². The van der Waals surface area contributed by atoms with Gasteiger partial charge in [0.25, 0.3) is 5.91 Å². The average Bonchev–Trinajstić information content (AvgIpc) is 3.20. The first kappa shape index (κ1) is 22.0. The third kappa shape index (κ3) is 4.24. The molecule has 1 amide bonds. The number of rotatable bonds is 5. The van der Waals surface area contributed by atoms with Crippen LogP contribution >= 0.6 is 0 Å². The second-order valence-corrected chi connectivity index (χ2v) is 9.46. The third-order valence-electron chi connectivity index (χ3n) is 7.29. The maximum Gasteiger partial charge on any atom is 0.253 e. The van der Waals surface area contributed by atoms with Gasteiger partial charge in [-0.1, -0.05) is 42.5 Å². The molecule has 178 valence electrons. The number of aromatic nitrogens is 2. The Morgan fingerprint density at radius 3 is 2.86 bits per heavy atom. The topological polar surface area (TPSA) is 59.4 Å². The first-order valence-electron chi connectivity index (χ1n) is 12.4. The predicted molar refractivity (Wildman–Crippen MR) is 141 cm³/mol. The minimum atomic E-state index is 0.0267. The molecule has 2 aromatic heterocycles. The van der Waals surface area contributed by atoms with E-state index in [4.69, 9.17) is 4.74 Å². The van der Waals surface area contributed by atoms with E-state index in [2.05, 4.69) is 81.4 Å². The van der Waals surface area contributed by atoms with Gasteiger partial charge in [-0.25, -0.2) is 0 Å². The summed E-state index contributed by atoms with van der Waals surface area (Å²) in [5.74, 6) is 0.0267. The summed E-state index contributed by atoms with van der Waals surface area (Å²) in [4.78, 5) is 19.7. The molecule has 4 aromatic rings. The minimum absolute atomic E-state index is 0.0267. The molecule has 1 N–H and O–H groups in total. The first-order valence-corrected chi connectivity index (χ1v) is 12.4. The summed E-state index contributed by atoms with van der Waals surface area (Å²) in [7, 11) is 2.07. The normalized spacial score (nSPS) is 16.8. The molecule has 6 nitrogen and oxygen atoms in total. The number of nitrogens with one attached hydrogen (secondary N) is 1. The van der Waals surface area contributed by atoms with Crippen LogP contribution < -0.4 is 5.32 Å². The van der Waals surface area contributed by atoms with Gasteiger partial charge in [0.15, 0.2) is 0 Å². The SMILES string of the molecule is Cn1c2c(c3ccc4cnc(/C=C/c5cccc(CCN6CCOCC6)c5)cc4c31)C(=O)NCC2. The fourth-order valence-electron chi connectivity index (χ4n) is 5.40. The molecule has 1 fully saturated rings. The van der Waals surface area contributed by atoms with Crippen LogP contribution in [0.4, 0.5) is 0 Å². The minimum Gasteiger partial charge on any atom is -0.379 e. The lowest BCUT2D eigenvalue weighted by atomic mass is 10.0. The number of carbonyl (C=O) groups is 1. The number of hydrogen-bond acceptors (Lipinski definition) is 4. The largest absolute Gasteiger partial charge is 0.379 e. The lowest BCUT2D eigenvalue weighted by Gasteiger charge is -2.26. The van der Waals surface area contributed by atoms with Gasteiger partial charge in [0.05, 0.1) is 30.0 Å². The fourth-order valence-corrected chi connectivity index (χ4v) is 5.40. The molecule has 0 unspecified atom stereocenters. The summed E-state index contributed by atoms with van der Waals surface area (Å²) in [6, 6.07) is 15.0. The number of fused-ring (bicyclic) bond motifs is 5. The molecule has 2 aliphatic heterocycles. The van der Waals surface area contributed by atoms with Crippen molar-refractivity contribution in [2.75, 3.05) is 39.4 Å². The molecular formula is C29H30N4O2. The zero-order valence-corrected chi connectivity index (χ0v) is 20.1. The number of hydrogen-bond donors (Lipinski definition) is 1. The van der Waals surface area contributed by atoms with Gasteiger partial charge in [0.2, 0.25) is 0 Å². The predicted octanol–water partition coefficient (Wildman–Crippen LogP) is 4.06. The van der Waals surface area contributed by atoms with Gasteiger partial charge in [0, 0.05) is 67.7 Å². The third-order valence-corrected chi connectivity index (χ3v) is 7.29. The second-order valence-electron chi connectivity index (χ2n) is 9.46. The van der Waals surface area contributed by atoms with Crippen LogP contribution in [0.3, 0.4) is 0 Å². The van der Waals surface area contributed by atoms with E-state index in [1.54, 1.807) is 0 Å². The Kier molecular flexibility index (Phi) is 5.84. The van der Waals surface area contributed by atoms with Gasteiger partial charge in [-0.2, -0.15) is 0 Å². The zero-order chi connectivity index (χ0) is 23.8. The van der Waals surface area contributed by atoms with Crippen LogP contribution in [-0.2, 0) is 24.6 Å². The van der Waals surface area contributed by atoms with E-state index in [9.17, 15) is 4.79 Å². The Morgan fingerprint density at radius 1 is 1.09 bits per heavy atom. The summed E-state index contributed by atoms with van der Waals surface area (Å²) in [6.07, 6.45) is 8.04. The molecule has 0 aliphatic carbocycles.